The molecular formula is C43H44N2O10. The minimum absolute atomic E-state index is 0.0317. The highest BCUT2D eigenvalue weighted by atomic mass is 16.7. The molecule has 12 nitrogen and oxygen atoms in total. The number of aryl methyl sites for hydroxylation is 1. The highest BCUT2D eigenvalue weighted by Gasteiger charge is 2.09. The van der Waals surface area contributed by atoms with E-state index in [-0.39, 0.29) is 6.79 Å². The van der Waals surface area contributed by atoms with Gasteiger partial charge in [0.15, 0.2) is 0 Å². The van der Waals surface area contributed by atoms with Gasteiger partial charge in [-0.3, -0.25) is 0 Å². The van der Waals surface area contributed by atoms with Crippen molar-refractivity contribution in [3.05, 3.63) is 139 Å². The molecule has 4 aromatic carbocycles. The van der Waals surface area contributed by atoms with Crippen molar-refractivity contribution < 1.29 is 47.5 Å². The van der Waals surface area contributed by atoms with Crippen molar-refractivity contribution in [3.63, 3.8) is 0 Å². The molecule has 12 heteroatoms. The lowest BCUT2D eigenvalue weighted by Crippen LogP contribution is -2.08. The van der Waals surface area contributed by atoms with E-state index in [0.717, 1.165) is 35.3 Å². The van der Waals surface area contributed by atoms with Gasteiger partial charge in [0.1, 0.15) is 28.7 Å². The molecule has 0 heterocycles. The minimum Gasteiger partial charge on any atom is -0.494 e. The van der Waals surface area contributed by atoms with Crippen LogP contribution in [-0.2, 0) is 19.1 Å². The Labute approximate surface area is 320 Å². The number of unbranched alkanes of at least 4 members (excludes halogenated alkanes) is 2. The Morgan fingerprint density at radius 1 is 0.564 bits per heavy atom. The maximum Gasteiger partial charge on any atom is 0.343 e. The van der Waals surface area contributed by atoms with E-state index < -0.39 is 17.9 Å². The van der Waals surface area contributed by atoms with E-state index in [2.05, 4.69) is 23.4 Å². The zero-order valence-electron chi connectivity index (χ0n) is 30.7. The largest absolute Gasteiger partial charge is 0.494 e. The summed E-state index contributed by atoms with van der Waals surface area (Å²) in [6, 6.07) is 26.5. The summed E-state index contributed by atoms with van der Waals surface area (Å²) in [6.07, 6.45) is 8.36. The second-order valence-electron chi connectivity index (χ2n) is 11.7. The van der Waals surface area contributed by atoms with Crippen LogP contribution in [0.4, 0.5) is 0 Å². The smallest absolute Gasteiger partial charge is 0.343 e. The van der Waals surface area contributed by atoms with Crippen molar-refractivity contribution in [1.82, 2.24) is 0 Å². The van der Waals surface area contributed by atoms with Gasteiger partial charge in [-0.15, -0.1) is 0 Å². The van der Waals surface area contributed by atoms with Crippen LogP contribution in [0.5, 0.6) is 28.7 Å². The van der Waals surface area contributed by atoms with Crippen LogP contribution in [0.1, 0.15) is 52.7 Å². The summed E-state index contributed by atoms with van der Waals surface area (Å²) >= 11 is 0. The third-order valence-corrected chi connectivity index (χ3v) is 7.56. The number of ether oxygens (including phenoxy) is 7. The molecule has 0 saturated carbocycles. The van der Waals surface area contributed by atoms with Crippen LogP contribution in [0.15, 0.2) is 127 Å². The summed E-state index contributed by atoms with van der Waals surface area (Å²) in [5, 5.41) is 8.28. The Balaban J connectivity index is 1.12. The predicted molar refractivity (Wildman–Crippen MR) is 209 cm³/mol. The highest BCUT2D eigenvalue weighted by Crippen LogP contribution is 2.21. The van der Waals surface area contributed by atoms with Crippen LogP contribution in [0.2, 0.25) is 0 Å². The molecule has 0 aliphatic rings. The molecule has 0 aliphatic heterocycles. The zero-order chi connectivity index (χ0) is 39.1. The van der Waals surface area contributed by atoms with Crippen molar-refractivity contribution in [1.29, 1.82) is 0 Å². The summed E-state index contributed by atoms with van der Waals surface area (Å²) in [6.45, 7) is 10.3. The predicted octanol–water partition coefficient (Wildman–Crippen LogP) is 7.86. The molecule has 0 aromatic heterocycles. The van der Waals surface area contributed by atoms with E-state index in [9.17, 15) is 14.4 Å². The summed E-state index contributed by atoms with van der Waals surface area (Å²) in [7, 11) is 0. The number of carbonyl (C=O) groups excluding carboxylic acids is 3. The maximum atomic E-state index is 12.6. The maximum absolute atomic E-state index is 12.6. The van der Waals surface area contributed by atoms with Crippen molar-refractivity contribution in [2.45, 2.75) is 32.6 Å². The van der Waals surface area contributed by atoms with Crippen LogP contribution < -0.4 is 23.7 Å². The topological polar surface area (TPSA) is 141 Å². The first-order valence-electron chi connectivity index (χ1n) is 17.6. The second kappa shape index (κ2) is 23.1. The van der Waals surface area contributed by atoms with Gasteiger partial charge in [0.05, 0.1) is 44.4 Å². The number of hydrogen-bond acceptors (Lipinski definition) is 12. The van der Waals surface area contributed by atoms with Crippen molar-refractivity contribution in [2.75, 3.05) is 33.2 Å². The SMILES string of the molecule is C=CC(=O)OCCCCOc1ccc(OCOc2ccc(/C=N/N=C/c3ccc(OC(=O)c4ccc(OCCCCOC(=O)C=C)cc4)cc3)cc2C)cc1. The monoisotopic (exact) mass is 748 g/mol. The summed E-state index contributed by atoms with van der Waals surface area (Å²) < 4.78 is 38.3. The number of hydrogen-bond donors (Lipinski definition) is 0. The molecule has 0 spiro atoms. The lowest BCUT2D eigenvalue weighted by Gasteiger charge is -2.12. The van der Waals surface area contributed by atoms with Gasteiger partial charge in [-0.1, -0.05) is 13.2 Å². The number of rotatable bonds is 23. The minimum atomic E-state index is -0.492. The Morgan fingerprint density at radius 3 is 1.58 bits per heavy atom. The molecule has 55 heavy (non-hydrogen) atoms. The van der Waals surface area contributed by atoms with Gasteiger partial charge in [-0.05, 0) is 140 Å². The number of carbonyl (C=O) groups is 3. The van der Waals surface area contributed by atoms with E-state index in [0.29, 0.717) is 80.0 Å². The van der Waals surface area contributed by atoms with Crippen molar-refractivity contribution >= 4 is 30.3 Å². The second-order valence-corrected chi connectivity index (χ2v) is 11.7. The van der Waals surface area contributed by atoms with Gasteiger partial charge in [0.25, 0.3) is 0 Å². The summed E-state index contributed by atoms with van der Waals surface area (Å²) in [5.41, 5.74) is 2.92. The molecular weight excluding hydrogens is 704 g/mol. The fraction of sp³-hybridized carbons (Fsp3) is 0.233. The van der Waals surface area contributed by atoms with Gasteiger partial charge in [-0.25, -0.2) is 14.4 Å². The summed E-state index contributed by atoms with van der Waals surface area (Å²) in [5.74, 6) is 1.70. The summed E-state index contributed by atoms with van der Waals surface area (Å²) in [4.78, 5) is 34.7. The molecule has 0 amide bonds. The first-order chi connectivity index (χ1) is 26.8. The molecule has 286 valence electrons. The van der Waals surface area contributed by atoms with Gasteiger partial charge in [-0.2, -0.15) is 10.2 Å². The first kappa shape index (κ1) is 41.1. The first-order valence-corrected chi connectivity index (χ1v) is 17.6. The zero-order valence-corrected chi connectivity index (χ0v) is 30.7. The lowest BCUT2D eigenvalue weighted by molar-refractivity contribution is -0.138. The van der Waals surface area contributed by atoms with Crippen molar-refractivity contribution in [3.8, 4) is 28.7 Å². The fourth-order valence-electron chi connectivity index (χ4n) is 4.63. The van der Waals surface area contributed by atoms with Crippen molar-refractivity contribution in [2.24, 2.45) is 10.2 Å². The van der Waals surface area contributed by atoms with E-state index in [1.54, 1.807) is 73.1 Å². The molecule has 0 aliphatic carbocycles. The Morgan fingerprint density at radius 2 is 1.04 bits per heavy atom. The third kappa shape index (κ3) is 15.4. The average molecular weight is 749 g/mol. The van der Waals surface area contributed by atoms with Crippen LogP contribution in [0.3, 0.4) is 0 Å². The van der Waals surface area contributed by atoms with E-state index >= 15 is 0 Å². The molecule has 0 saturated heterocycles. The van der Waals surface area contributed by atoms with Crippen LogP contribution in [0, 0.1) is 6.92 Å². The Bertz CT molecular complexity index is 1900. The number of benzene rings is 4. The highest BCUT2D eigenvalue weighted by molar-refractivity contribution is 5.91. The van der Waals surface area contributed by atoms with Crippen LogP contribution in [-0.4, -0.2) is 63.6 Å². The molecule has 0 atom stereocenters. The van der Waals surface area contributed by atoms with Gasteiger partial charge in [0.2, 0.25) is 6.79 Å². The van der Waals surface area contributed by atoms with Crippen LogP contribution in [0.25, 0.3) is 0 Å². The number of nitrogens with zero attached hydrogens (tertiary/aromatic N) is 2. The molecule has 0 N–H and O–H groups in total. The molecule has 0 radical (unpaired) electrons. The number of esters is 3. The standard InChI is InChI=1S/C43H44N2O10/c1-4-41(46)51-26-8-6-24-49-36-17-13-35(14-18-36)43(48)55-39-15-10-33(11-16-39)29-44-45-30-34-12-23-40(32(3)28-34)54-31-53-38-21-19-37(20-22-38)50-25-7-9-27-52-42(47)5-2/h4-5,10-23,28-30H,1-2,6-9,24-27,31H2,3H3/b44-29+,45-30+. The quantitative estimate of drug-likeness (QED) is 0.0140. The van der Waals surface area contributed by atoms with Gasteiger partial charge < -0.3 is 33.2 Å². The molecule has 0 unspecified atom stereocenters. The molecule has 4 rings (SSSR count). The Hall–Kier alpha value is -6.69. The lowest BCUT2D eigenvalue weighted by atomic mass is 10.1. The van der Waals surface area contributed by atoms with Gasteiger partial charge >= 0.3 is 17.9 Å². The normalized spacial score (nSPS) is 10.8. The average Bonchev–Trinajstić information content (AvgIpc) is 3.21. The molecule has 0 fully saturated rings. The third-order valence-electron chi connectivity index (χ3n) is 7.56. The Kier molecular flexibility index (Phi) is 17.2. The van der Waals surface area contributed by atoms with E-state index in [1.807, 2.05) is 37.3 Å². The fourth-order valence-corrected chi connectivity index (χ4v) is 4.63. The van der Waals surface area contributed by atoms with E-state index in [1.165, 1.54) is 0 Å². The molecule has 4 aromatic rings. The van der Waals surface area contributed by atoms with Crippen LogP contribution >= 0.6 is 0 Å². The van der Waals surface area contributed by atoms with E-state index in [4.69, 9.17) is 33.2 Å². The molecule has 0 bridgehead atoms. The van der Waals surface area contributed by atoms with Gasteiger partial charge in [0, 0.05) is 12.2 Å².